The zero-order chi connectivity index (χ0) is 18.9. The molecule has 3 N–H and O–H groups in total. The van der Waals surface area contributed by atoms with Crippen molar-refractivity contribution < 1.29 is 9.53 Å². The van der Waals surface area contributed by atoms with Gasteiger partial charge in [0.1, 0.15) is 5.75 Å². The van der Waals surface area contributed by atoms with Crippen LogP contribution in [0.3, 0.4) is 0 Å². The predicted molar refractivity (Wildman–Crippen MR) is 106 cm³/mol. The van der Waals surface area contributed by atoms with Gasteiger partial charge in [0.25, 0.3) is 0 Å². The molecule has 0 aromatic heterocycles. The highest BCUT2D eigenvalue weighted by atomic mass is 16.5. The second kappa shape index (κ2) is 9.46. The van der Waals surface area contributed by atoms with Crippen LogP contribution in [-0.4, -0.2) is 26.0 Å². The van der Waals surface area contributed by atoms with Crippen molar-refractivity contribution in [1.29, 1.82) is 0 Å². The first-order valence-electron chi connectivity index (χ1n) is 8.46. The number of rotatable bonds is 6. The molecule has 0 unspecified atom stereocenters. The second-order valence-corrected chi connectivity index (χ2v) is 5.98. The van der Waals surface area contributed by atoms with Crippen LogP contribution >= 0.6 is 0 Å². The third-order valence-corrected chi connectivity index (χ3v) is 3.82. The summed E-state index contributed by atoms with van der Waals surface area (Å²) in [5.74, 6) is 1.47. The molecule has 2 aromatic carbocycles. The van der Waals surface area contributed by atoms with E-state index in [9.17, 15) is 4.79 Å². The van der Waals surface area contributed by atoms with E-state index in [2.05, 4.69) is 27.0 Å². The van der Waals surface area contributed by atoms with Crippen LogP contribution in [0.15, 0.2) is 47.5 Å². The molecule has 0 aliphatic heterocycles. The Labute approximate surface area is 154 Å². The first-order valence-corrected chi connectivity index (χ1v) is 8.46. The van der Waals surface area contributed by atoms with Crippen LogP contribution < -0.4 is 20.7 Å². The molecule has 0 heterocycles. The Hall–Kier alpha value is -3.02. The number of hydrogen-bond acceptors (Lipinski definition) is 3. The molecule has 0 fully saturated rings. The maximum absolute atomic E-state index is 11.2. The summed E-state index contributed by atoms with van der Waals surface area (Å²) >= 11 is 0. The zero-order valence-corrected chi connectivity index (χ0v) is 15.7. The van der Waals surface area contributed by atoms with Gasteiger partial charge in [-0.2, -0.15) is 0 Å². The average molecular weight is 354 g/mol. The highest BCUT2D eigenvalue weighted by Crippen LogP contribution is 2.19. The summed E-state index contributed by atoms with van der Waals surface area (Å²) in [4.78, 5) is 15.4. The minimum absolute atomic E-state index is 0.0837. The normalized spacial score (nSPS) is 11.0. The van der Waals surface area contributed by atoms with E-state index in [1.54, 1.807) is 14.2 Å². The van der Waals surface area contributed by atoms with Crippen molar-refractivity contribution in [3.63, 3.8) is 0 Å². The molecule has 0 radical (unpaired) electrons. The quantitative estimate of drug-likeness (QED) is 0.551. The number of aliphatic imine (C=N–C) groups is 1. The molecule has 0 aliphatic carbocycles. The number of nitrogens with zero attached hydrogens (tertiary/aromatic N) is 1. The molecular formula is C20H26N4O2. The van der Waals surface area contributed by atoms with Crippen LogP contribution in [0, 0.1) is 6.92 Å². The van der Waals surface area contributed by atoms with E-state index in [0.29, 0.717) is 19.0 Å². The van der Waals surface area contributed by atoms with Gasteiger partial charge in [0.15, 0.2) is 5.96 Å². The molecule has 0 aliphatic rings. The molecule has 0 bridgehead atoms. The number of amides is 1. The van der Waals surface area contributed by atoms with Crippen molar-refractivity contribution in [3.05, 3.63) is 59.2 Å². The van der Waals surface area contributed by atoms with Gasteiger partial charge in [-0.25, -0.2) is 0 Å². The molecule has 0 saturated heterocycles. The topological polar surface area (TPSA) is 74.8 Å². The number of ether oxygens (including phenoxy) is 1. The van der Waals surface area contributed by atoms with Gasteiger partial charge in [0.2, 0.25) is 5.91 Å². The summed E-state index contributed by atoms with van der Waals surface area (Å²) in [5, 5.41) is 9.34. The van der Waals surface area contributed by atoms with Gasteiger partial charge < -0.3 is 20.7 Å². The van der Waals surface area contributed by atoms with Crippen molar-refractivity contribution in [1.82, 2.24) is 10.6 Å². The smallest absolute Gasteiger partial charge is 0.221 e. The third-order valence-electron chi connectivity index (χ3n) is 3.82. The van der Waals surface area contributed by atoms with Crippen molar-refractivity contribution in [2.75, 3.05) is 19.5 Å². The number of benzene rings is 2. The molecule has 0 atom stereocenters. The lowest BCUT2D eigenvalue weighted by Gasteiger charge is -2.14. The molecule has 6 heteroatoms. The standard InChI is InChI=1S/C20H26N4O2/c1-14-8-9-17(19(10-14)26-4)13-23-20(21-3)22-12-16-6-5-7-18(11-16)24-15(2)25/h5-11H,12-13H2,1-4H3,(H,24,25)(H2,21,22,23). The second-order valence-electron chi connectivity index (χ2n) is 5.98. The van der Waals surface area contributed by atoms with E-state index in [1.165, 1.54) is 6.92 Å². The Morgan fingerprint density at radius 3 is 2.58 bits per heavy atom. The Kier molecular flexibility index (Phi) is 7.02. The lowest BCUT2D eigenvalue weighted by molar-refractivity contribution is -0.114. The summed E-state index contributed by atoms with van der Waals surface area (Å²) in [6.45, 7) is 4.73. The minimum Gasteiger partial charge on any atom is -0.496 e. The van der Waals surface area contributed by atoms with E-state index in [1.807, 2.05) is 43.3 Å². The molecule has 0 saturated carbocycles. The summed E-state index contributed by atoms with van der Waals surface area (Å²) in [6.07, 6.45) is 0. The van der Waals surface area contributed by atoms with Gasteiger partial charge in [-0.1, -0.05) is 24.3 Å². The summed E-state index contributed by atoms with van der Waals surface area (Å²) < 4.78 is 5.43. The first-order chi connectivity index (χ1) is 12.5. The fraction of sp³-hybridized carbons (Fsp3) is 0.300. The molecule has 2 rings (SSSR count). The van der Waals surface area contributed by atoms with Crippen LogP contribution in [0.4, 0.5) is 5.69 Å². The fourth-order valence-electron chi connectivity index (χ4n) is 2.55. The number of hydrogen-bond donors (Lipinski definition) is 3. The van der Waals surface area contributed by atoms with Crippen molar-refractivity contribution >= 4 is 17.6 Å². The van der Waals surface area contributed by atoms with Gasteiger partial charge in [-0.15, -0.1) is 0 Å². The fourth-order valence-corrected chi connectivity index (χ4v) is 2.55. The molecule has 6 nitrogen and oxygen atoms in total. The first kappa shape index (κ1) is 19.3. The van der Waals surface area contributed by atoms with Crippen molar-refractivity contribution in [2.24, 2.45) is 4.99 Å². The monoisotopic (exact) mass is 354 g/mol. The van der Waals surface area contributed by atoms with Gasteiger partial charge in [-0.3, -0.25) is 9.79 Å². The zero-order valence-electron chi connectivity index (χ0n) is 15.7. The molecule has 138 valence electrons. The lowest BCUT2D eigenvalue weighted by atomic mass is 10.1. The Morgan fingerprint density at radius 2 is 1.88 bits per heavy atom. The predicted octanol–water partition coefficient (Wildman–Crippen LogP) is 2.83. The van der Waals surface area contributed by atoms with E-state index in [-0.39, 0.29) is 5.91 Å². The number of methoxy groups -OCH3 is 1. The van der Waals surface area contributed by atoms with Gasteiger partial charge in [0.05, 0.1) is 7.11 Å². The van der Waals surface area contributed by atoms with Crippen LogP contribution in [0.25, 0.3) is 0 Å². The SMILES string of the molecule is CN=C(NCc1cccc(NC(C)=O)c1)NCc1ccc(C)cc1OC. The maximum Gasteiger partial charge on any atom is 0.221 e. The number of nitrogens with one attached hydrogen (secondary N) is 3. The van der Waals surface area contributed by atoms with Gasteiger partial charge in [0, 0.05) is 38.3 Å². The molecule has 0 spiro atoms. The van der Waals surface area contributed by atoms with Crippen LogP contribution in [-0.2, 0) is 17.9 Å². The highest BCUT2D eigenvalue weighted by Gasteiger charge is 2.05. The number of aryl methyl sites for hydroxylation is 1. The number of anilines is 1. The van der Waals surface area contributed by atoms with Crippen LogP contribution in [0.5, 0.6) is 5.75 Å². The number of carbonyl (C=O) groups excluding carboxylic acids is 1. The Bertz CT molecular complexity index is 787. The van der Waals surface area contributed by atoms with Crippen LogP contribution in [0.2, 0.25) is 0 Å². The van der Waals surface area contributed by atoms with Gasteiger partial charge in [-0.05, 0) is 36.2 Å². The van der Waals surface area contributed by atoms with Crippen molar-refractivity contribution in [2.45, 2.75) is 26.9 Å². The third kappa shape index (κ3) is 5.81. The molecule has 26 heavy (non-hydrogen) atoms. The molecule has 2 aromatic rings. The van der Waals surface area contributed by atoms with Gasteiger partial charge >= 0.3 is 0 Å². The minimum atomic E-state index is -0.0837. The summed E-state index contributed by atoms with van der Waals surface area (Å²) in [6, 6.07) is 13.8. The Balaban J connectivity index is 1.93. The van der Waals surface area contributed by atoms with E-state index >= 15 is 0 Å². The van der Waals surface area contributed by atoms with Crippen LogP contribution in [0.1, 0.15) is 23.6 Å². The summed E-state index contributed by atoms with van der Waals surface area (Å²) in [5.41, 5.74) is 4.05. The highest BCUT2D eigenvalue weighted by molar-refractivity contribution is 5.88. The van der Waals surface area contributed by atoms with Crippen molar-refractivity contribution in [3.8, 4) is 5.75 Å². The van der Waals surface area contributed by atoms with E-state index in [4.69, 9.17) is 4.74 Å². The number of guanidine groups is 1. The number of carbonyl (C=O) groups is 1. The molecular weight excluding hydrogens is 328 g/mol. The summed E-state index contributed by atoms with van der Waals surface area (Å²) in [7, 11) is 3.41. The Morgan fingerprint density at radius 1 is 1.12 bits per heavy atom. The average Bonchev–Trinajstić information content (AvgIpc) is 2.62. The lowest BCUT2D eigenvalue weighted by Crippen LogP contribution is -2.36. The molecule has 1 amide bonds. The van der Waals surface area contributed by atoms with E-state index < -0.39 is 0 Å². The maximum atomic E-state index is 11.2. The van der Waals surface area contributed by atoms with E-state index in [0.717, 1.165) is 28.1 Å². The largest absolute Gasteiger partial charge is 0.496 e.